The fraction of sp³-hybridized carbons (Fsp3) is 0.625. The average Bonchev–Trinajstić information content (AvgIpc) is 2.50. The van der Waals surface area contributed by atoms with Gasteiger partial charge in [0.1, 0.15) is 5.88 Å². The molecule has 2 N–H and O–H groups in total. The van der Waals surface area contributed by atoms with Crippen molar-refractivity contribution in [3.63, 3.8) is 0 Å². The van der Waals surface area contributed by atoms with Crippen molar-refractivity contribution in [1.29, 1.82) is 0 Å². The van der Waals surface area contributed by atoms with Gasteiger partial charge >= 0.3 is 5.97 Å². The van der Waals surface area contributed by atoms with Gasteiger partial charge < -0.3 is 15.4 Å². The summed E-state index contributed by atoms with van der Waals surface area (Å²) in [5.74, 6) is -0.719. The largest absolute Gasteiger partial charge is 0.660 e. The molecule has 0 saturated heterocycles. The molecular formula is C8H13N3O3. The van der Waals surface area contributed by atoms with Crippen LogP contribution in [0.3, 0.4) is 0 Å². The highest BCUT2D eigenvalue weighted by molar-refractivity contribution is 5.66. The van der Waals surface area contributed by atoms with Crippen LogP contribution in [0.15, 0.2) is 10.7 Å². The van der Waals surface area contributed by atoms with E-state index in [9.17, 15) is 4.79 Å². The molecule has 0 bridgehead atoms. The van der Waals surface area contributed by atoms with Gasteiger partial charge in [0, 0.05) is 12.8 Å². The van der Waals surface area contributed by atoms with Gasteiger partial charge in [-0.2, -0.15) is 0 Å². The third-order valence-electron chi connectivity index (χ3n) is 1.79. The summed E-state index contributed by atoms with van der Waals surface area (Å²) >= 11 is 0. The smallest absolute Gasteiger partial charge is 0.303 e. The lowest BCUT2D eigenvalue weighted by Crippen LogP contribution is -2.34. The number of aliphatic carboxylic acids is 1. The van der Waals surface area contributed by atoms with Crippen molar-refractivity contribution >= 4 is 11.9 Å². The second-order valence-corrected chi connectivity index (χ2v) is 3.03. The highest BCUT2D eigenvalue weighted by Gasteiger charge is 2.04. The van der Waals surface area contributed by atoms with Crippen LogP contribution < -0.4 is 4.68 Å². The minimum Gasteiger partial charge on any atom is -0.660 e. The molecule has 6 nitrogen and oxygen atoms in total. The Hall–Kier alpha value is -1.59. The van der Waals surface area contributed by atoms with Gasteiger partial charge in [-0.25, -0.2) is 0 Å². The molecule has 1 rings (SSSR count). The van der Waals surface area contributed by atoms with E-state index in [1.54, 1.807) is 4.68 Å². The molecule has 0 spiro atoms. The first kappa shape index (κ1) is 10.5. The van der Waals surface area contributed by atoms with Crippen LogP contribution in [0.5, 0.6) is 0 Å². The van der Waals surface area contributed by atoms with Gasteiger partial charge in [-0.3, -0.25) is 4.79 Å². The SMILES string of the molecule is [NH-]c1c[n+](CCCCCC(=O)O)no1. The van der Waals surface area contributed by atoms with E-state index in [0.29, 0.717) is 13.0 Å². The quantitative estimate of drug-likeness (QED) is 0.552. The molecule has 0 radical (unpaired) electrons. The van der Waals surface area contributed by atoms with Gasteiger partial charge in [0.05, 0.1) is 0 Å². The average molecular weight is 199 g/mol. The van der Waals surface area contributed by atoms with Gasteiger partial charge in [-0.05, 0) is 12.8 Å². The monoisotopic (exact) mass is 199 g/mol. The van der Waals surface area contributed by atoms with E-state index >= 15 is 0 Å². The molecule has 0 aliphatic heterocycles. The van der Waals surface area contributed by atoms with Crippen LogP contribution in [0.2, 0.25) is 0 Å². The lowest BCUT2D eigenvalue weighted by molar-refractivity contribution is -0.762. The molecule has 0 fully saturated rings. The standard InChI is InChI=1S/C8H13N3O3/c9-7-6-11(10-14-7)5-3-1-2-4-8(12)13/h6H,1-5H2,(H2-,9,10,12,13). The summed E-state index contributed by atoms with van der Waals surface area (Å²) in [4.78, 5) is 10.2. The molecule has 6 heteroatoms. The zero-order chi connectivity index (χ0) is 10.4. The summed E-state index contributed by atoms with van der Waals surface area (Å²) in [5, 5.41) is 12.0. The van der Waals surface area contributed by atoms with Crippen LogP contribution in [-0.2, 0) is 11.3 Å². The summed E-state index contributed by atoms with van der Waals surface area (Å²) in [6, 6.07) is 0. The highest BCUT2D eigenvalue weighted by Crippen LogP contribution is 2.03. The molecule has 1 heterocycles. The Balaban J connectivity index is 2.07. The van der Waals surface area contributed by atoms with Crippen molar-refractivity contribution in [3.8, 4) is 0 Å². The molecule has 0 atom stereocenters. The Bertz CT molecular complexity index is 298. The molecule has 1 aromatic rings. The van der Waals surface area contributed by atoms with Gasteiger partial charge in [-0.1, -0.05) is 4.68 Å². The molecule has 0 aliphatic carbocycles. The maximum absolute atomic E-state index is 10.2. The summed E-state index contributed by atoms with van der Waals surface area (Å²) in [7, 11) is 0. The third kappa shape index (κ3) is 3.88. The second kappa shape index (κ2) is 5.21. The number of aryl methyl sites for hydroxylation is 1. The summed E-state index contributed by atoms with van der Waals surface area (Å²) < 4.78 is 6.09. The molecule has 14 heavy (non-hydrogen) atoms. The molecule has 0 aliphatic rings. The second-order valence-electron chi connectivity index (χ2n) is 3.03. The normalized spacial score (nSPS) is 10.3. The predicted molar refractivity (Wildman–Crippen MR) is 46.8 cm³/mol. The molecule has 0 amide bonds. The van der Waals surface area contributed by atoms with Crippen molar-refractivity contribution in [3.05, 3.63) is 11.9 Å². The minimum atomic E-state index is -0.757. The number of carboxylic acids is 1. The van der Waals surface area contributed by atoms with Crippen molar-refractivity contribution in [2.45, 2.75) is 32.2 Å². The Labute approximate surface area is 81.3 Å². The number of aromatic nitrogens is 2. The topological polar surface area (TPSA) is 91.0 Å². The zero-order valence-corrected chi connectivity index (χ0v) is 7.77. The lowest BCUT2D eigenvalue weighted by Gasteiger charge is -1.92. The van der Waals surface area contributed by atoms with Crippen molar-refractivity contribution in [2.75, 3.05) is 0 Å². The van der Waals surface area contributed by atoms with E-state index in [0.717, 1.165) is 12.8 Å². The number of hydrogen-bond donors (Lipinski definition) is 1. The Morgan fingerprint density at radius 1 is 1.57 bits per heavy atom. The Morgan fingerprint density at radius 3 is 2.93 bits per heavy atom. The summed E-state index contributed by atoms with van der Waals surface area (Å²) in [6.45, 7) is 0.669. The Morgan fingerprint density at radius 2 is 2.36 bits per heavy atom. The summed E-state index contributed by atoms with van der Waals surface area (Å²) in [6.07, 6.45) is 4.09. The number of nitrogens with zero attached hydrogens (tertiary/aromatic N) is 2. The molecule has 1 aromatic heterocycles. The van der Waals surface area contributed by atoms with Crippen LogP contribution >= 0.6 is 0 Å². The van der Waals surface area contributed by atoms with E-state index in [1.807, 2.05) is 0 Å². The first-order valence-corrected chi connectivity index (χ1v) is 4.48. The highest BCUT2D eigenvalue weighted by atomic mass is 16.5. The zero-order valence-electron chi connectivity index (χ0n) is 7.77. The first-order valence-electron chi connectivity index (χ1n) is 4.48. The number of rotatable bonds is 6. The van der Waals surface area contributed by atoms with Gasteiger partial charge in [-0.15, -0.1) is 0 Å². The maximum atomic E-state index is 10.2. The third-order valence-corrected chi connectivity index (χ3v) is 1.79. The van der Waals surface area contributed by atoms with E-state index in [2.05, 4.69) is 9.79 Å². The molecular weight excluding hydrogens is 186 g/mol. The number of unbranched alkanes of at least 4 members (excludes halogenated alkanes) is 2. The predicted octanol–water partition coefficient (Wildman–Crippen LogP) is 1.29. The lowest BCUT2D eigenvalue weighted by atomic mass is 10.2. The number of carboxylic acid groups (broad SMARTS) is 1. The van der Waals surface area contributed by atoms with E-state index in [-0.39, 0.29) is 12.3 Å². The molecule has 0 saturated carbocycles. The van der Waals surface area contributed by atoms with Crippen LogP contribution in [0, 0.1) is 0 Å². The van der Waals surface area contributed by atoms with E-state index in [1.165, 1.54) is 6.20 Å². The fourth-order valence-electron chi connectivity index (χ4n) is 1.11. The van der Waals surface area contributed by atoms with Crippen LogP contribution in [0.1, 0.15) is 25.7 Å². The number of carbonyl (C=O) groups is 1. The van der Waals surface area contributed by atoms with Gasteiger partial charge in [0.15, 0.2) is 11.8 Å². The molecule has 0 aromatic carbocycles. The van der Waals surface area contributed by atoms with Crippen molar-refractivity contribution in [1.82, 2.24) is 5.27 Å². The number of nitrogens with one attached hydrogen (secondary N) is 1. The number of hydrogen-bond acceptors (Lipinski definition) is 3. The Kier molecular flexibility index (Phi) is 3.90. The molecule has 0 unspecified atom stereocenters. The van der Waals surface area contributed by atoms with Crippen LogP contribution in [-0.4, -0.2) is 16.3 Å². The van der Waals surface area contributed by atoms with Crippen molar-refractivity contribution in [2.24, 2.45) is 0 Å². The fourth-order valence-corrected chi connectivity index (χ4v) is 1.11. The van der Waals surface area contributed by atoms with Gasteiger partial charge in [0.2, 0.25) is 6.20 Å². The van der Waals surface area contributed by atoms with Crippen molar-refractivity contribution < 1.29 is 19.1 Å². The minimum absolute atomic E-state index is 0.0375. The van der Waals surface area contributed by atoms with E-state index < -0.39 is 5.97 Å². The van der Waals surface area contributed by atoms with E-state index in [4.69, 9.17) is 10.8 Å². The van der Waals surface area contributed by atoms with Crippen LogP contribution in [0.25, 0.3) is 5.73 Å². The first-order chi connectivity index (χ1) is 6.68. The molecule has 78 valence electrons. The summed E-state index contributed by atoms with van der Waals surface area (Å²) in [5.41, 5.74) is 7.06. The maximum Gasteiger partial charge on any atom is 0.303 e. The van der Waals surface area contributed by atoms with Gasteiger partial charge in [0.25, 0.3) is 0 Å². The van der Waals surface area contributed by atoms with Crippen LogP contribution in [0.4, 0.5) is 5.88 Å².